The molecule has 2 aromatic carbocycles. The molecule has 1 unspecified atom stereocenters. The smallest absolute Gasteiger partial charge is 0.240 e. The van der Waals surface area contributed by atoms with Gasteiger partial charge in [-0.05, 0) is 48.9 Å². The number of aryl methyl sites for hydroxylation is 1. The van der Waals surface area contributed by atoms with Crippen molar-refractivity contribution in [3.05, 3.63) is 82.6 Å². The normalized spacial score (nSPS) is 16.5. The summed E-state index contributed by atoms with van der Waals surface area (Å²) < 4.78 is 6.07. The number of nitrogens with zero attached hydrogens (tertiary/aromatic N) is 2. The third kappa shape index (κ3) is 3.53. The van der Waals surface area contributed by atoms with Crippen LogP contribution in [0.1, 0.15) is 36.3 Å². The van der Waals surface area contributed by atoms with E-state index in [2.05, 4.69) is 17.2 Å². The molecule has 4 nitrogen and oxygen atoms in total. The standard InChI is InChI=1S/C22H19ClN2O2/c1-14-3-5-16(6-4-14)19-13-20(25(24-19)15(2)26)22-12-11-21(27-22)17-7-9-18(23)10-8-17/h3-12,20H,13H2,1-2H3. The molecule has 27 heavy (non-hydrogen) atoms. The predicted octanol–water partition coefficient (Wildman–Crippen LogP) is 5.61. The Balaban J connectivity index is 1.62. The number of benzene rings is 2. The van der Waals surface area contributed by atoms with Crippen LogP contribution in [-0.4, -0.2) is 16.6 Å². The number of hydrogen-bond donors (Lipinski definition) is 0. The molecule has 3 aromatic rings. The first-order chi connectivity index (χ1) is 13.0. The fraction of sp³-hybridized carbons (Fsp3) is 0.182. The van der Waals surface area contributed by atoms with Gasteiger partial charge in [0.15, 0.2) is 0 Å². The van der Waals surface area contributed by atoms with Crippen LogP contribution in [0, 0.1) is 6.92 Å². The van der Waals surface area contributed by atoms with Crippen molar-refractivity contribution in [3.8, 4) is 11.3 Å². The molecule has 136 valence electrons. The molecule has 0 N–H and O–H groups in total. The zero-order chi connectivity index (χ0) is 19.0. The molecule has 1 aromatic heterocycles. The van der Waals surface area contributed by atoms with Crippen molar-refractivity contribution in [2.75, 3.05) is 0 Å². The number of halogens is 1. The van der Waals surface area contributed by atoms with Crippen LogP contribution in [0.2, 0.25) is 5.02 Å². The van der Waals surface area contributed by atoms with Crippen molar-refractivity contribution in [2.24, 2.45) is 5.10 Å². The highest BCUT2D eigenvalue weighted by Crippen LogP contribution is 2.35. The molecule has 1 aliphatic heterocycles. The van der Waals surface area contributed by atoms with Crippen LogP contribution < -0.4 is 0 Å². The lowest BCUT2D eigenvalue weighted by molar-refractivity contribution is -0.130. The second-order valence-electron chi connectivity index (χ2n) is 6.71. The fourth-order valence-corrected chi connectivity index (χ4v) is 3.37. The number of hydrogen-bond acceptors (Lipinski definition) is 3. The van der Waals surface area contributed by atoms with Crippen LogP contribution in [0.4, 0.5) is 0 Å². The Labute approximate surface area is 163 Å². The van der Waals surface area contributed by atoms with Crippen molar-refractivity contribution < 1.29 is 9.21 Å². The van der Waals surface area contributed by atoms with Crippen LogP contribution >= 0.6 is 11.6 Å². The topological polar surface area (TPSA) is 45.8 Å². The molecule has 1 aliphatic rings. The number of carbonyl (C=O) groups excluding carboxylic acids is 1. The van der Waals surface area contributed by atoms with Crippen LogP contribution in [0.3, 0.4) is 0 Å². The summed E-state index contributed by atoms with van der Waals surface area (Å²) in [7, 11) is 0. The summed E-state index contributed by atoms with van der Waals surface area (Å²) in [5.74, 6) is 1.36. The van der Waals surface area contributed by atoms with E-state index in [1.807, 2.05) is 55.5 Å². The third-order valence-electron chi connectivity index (χ3n) is 4.70. The fourth-order valence-electron chi connectivity index (χ4n) is 3.24. The summed E-state index contributed by atoms with van der Waals surface area (Å²) in [4.78, 5) is 12.1. The molecule has 0 aliphatic carbocycles. The lowest BCUT2D eigenvalue weighted by atomic mass is 10.0. The average molecular weight is 379 g/mol. The van der Waals surface area contributed by atoms with Gasteiger partial charge in [0.2, 0.25) is 5.91 Å². The lowest BCUT2D eigenvalue weighted by Gasteiger charge is -2.17. The zero-order valence-corrected chi connectivity index (χ0v) is 15.9. The second kappa shape index (κ2) is 7.05. The van der Waals surface area contributed by atoms with Crippen LogP contribution in [0.25, 0.3) is 11.3 Å². The van der Waals surface area contributed by atoms with Crippen molar-refractivity contribution in [2.45, 2.75) is 26.3 Å². The highest BCUT2D eigenvalue weighted by Gasteiger charge is 2.33. The van der Waals surface area contributed by atoms with E-state index >= 15 is 0 Å². The van der Waals surface area contributed by atoms with Crippen molar-refractivity contribution in [3.63, 3.8) is 0 Å². The second-order valence-corrected chi connectivity index (χ2v) is 7.14. The summed E-state index contributed by atoms with van der Waals surface area (Å²) in [6.07, 6.45) is 0.621. The maximum Gasteiger partial charge on any atom is 0.240 e. The van der Waals surface area contributed by atoms with Gasteiger partial charge in [0.25, 0.3) is 0 Å². The van der Waals surface area contributed by atoms with E-state index in [-0.39, 0.29) is 11.9 Å². The number of hydrazone groups is 1. The molecule has 1 atom stereocenters. The Kier molecular flexibility index (Phi) is 4.58. The number of rotatable bonds is 3. The molecule has 5 heteroatoms. The molecule has 0 bridgehead atoms. The quantitative estimate of drug-likeness (QED) is 0.595. The lowest BCUT2D eigenvalue weighted by Crippen LogP contribution is -2.23. The minimum absolute atomic E-state index is 0.105. The average Bonchev–Trinajstić information content (AvgIpc) is 3.30. The molecular formula is C22H19ClN2O2. The monoisotopic (exact) mass is 378 g/mol. The maximum atomic E-state index is 12.1. The SMILES string of the molecule is CC(=O)N1N=C(c2ccc(C)cc2)CC1c1ccc(-c2ccc(Cl)cc2)o1. The van der Waals surface area contributed by atoms with E-state index in [0.717, 1.165) is 28.4 Å². The first-order valence-corrected chi connectivity index (χ1v) is 9.19. The number of amides is 1. The van der Waals surface area contributed by atoms with E-state index < -0.39 is 0 Å². The Hall–Kier alpha value is -2.85. The van der Waals surface area contributed by atoms with Gasteiger partial charge < -0.3 is 4.42 Å². The van der Waals surface area contributed by atoms with E-state index in [1.165, 1.54) is 17.5 Å². The van der Waals surface area contributed by atoms with Gasteiger partial charge in [-0.3, -0.25) is 4.79 Å². The molecule has 0 spiro atoms. The Bertz CT molecular complexity index is 1000. The minimum Gasteiger partial charge on any atom is -0.459 e. The molecule has 0 radical (unpaired) electrons. The van der Waals surface area contributed by atoms with Gasteiger partial charge in [-0.15, -0.1) is 0 Å². The Morgan fingerprint density at radius 3 is 2.37 bits per heavy atom. The Morgan fingerprint density at radius 1 is 1.04 bits per heavy atom. The highest BCUT2D eigenvalue weighted by atomic mass is 35.5. The number of carbonyl (C=O) groups is 1. The zero-order valence-electron chi connectivity index (χ0n) is 15.1. The van der Waals surface area contributed by atoms with Crippen LogP contribution in [0.5, 0.6) is 0 Å². The van der Waals surface area contributed by atoms with E-state index in [4.69, 9.17) is 16.0 Å². The molecule has 4 rings (SSSR count). The summed E-state index contributed by atoms with van der Waals surface area (Å²) in [6.45, 7) is 3.57. The third-order valence-corrected chi connectivity index (χ3v) is 4.95. The molecule has 0 saturated carbocycles. The summed E-state index contributed by atoms with van der Waals surface area (Å²) in [5.41, 5.74) is 4.05. The number of furan rings is 1. The van der Waals surface area contributed by atoms with Gasteiger partial charge in [-0.1, -0.05) is 41.4 Å². The summed E-state index contributed by atoms with van der Waals surface area (Å²) in [5, 5.41) is 6.76. The van der Waals surface area contributed by atoms with E-state index in [9.17, 15) is 4.79 Å². The van der Waals surface area contributed by atoms with E-state index in [0.29, 0.717) is 11.4 Å². The van der Waals surface area contributed by atoms with Crippen molar-refractivity contribution >= 4 is 23.2 Å². The highest BCUT2D eigenvalue weighted by molar-refractivity contribution is 6.30. The van der Waals surface area contributed by atoms with Crippen LogP contribution in [0.15, 0.2) is 70.2 Å². The summed E-state index contributed by atoms with van der Waals surface area (Å²) in [6, 6.07) is 19.3. The predicted molar refractivity (Wildman–Crippen MR) is 107 cm³/mol. The maximum absolute atomic E-state index is 12.1. The first kappa shape index (κ1) is 17.6. The Morgan fingerprint density at radius 2 is 1.70 bits per heavy atom. The molecule has 2 heterocycles. The van der Waals surface area contributed by atoms with E-state index in [1.54, 1.807) is 0 Å². The molecule has 1 amide bonds. The molecular weight excluding hydrogens is 360 g/mol. The van der Waals surface area contributed by atoms with Gasteiger partial charge in [0, 0.05) is 23.9 Å². The minimum atomic E-state index is -0.236. The molecule has 0 saturated heterocycles. The largest absolute Gasteiger partial charge is 0.459 e. The van der Waals surface area contributed by atoms with Crippen molar-refractivity contribution in [1.82, 2.24) is 5.01 Å². The van der Waals surface area contributed by atoms with Crippen molar-refractivity contribution in [1.29, 1.82) is 0 Å². The first-order valence-electron chi connectivity index (χ1n) is 8.81. The van der Waals surface area contributed by atoms with Gasteiger partial charge in [0.05, 0.1) is 5.71 Å². The van der Waals surface area contributed by atoms with Crippen LogP contribution in [-0.2, 0) is 4.79 Å². The van der Waals surface area contributed by atoms with Gasteiger partial charge in [0.1, 0.15) is 17.6 Å². The van der Waals surface area contributed by atoms with Gasteiger partial charge in [-0.2, -0.15) is 5.10 Å². The molecule has 0 fully saturated rings. The van der Waals surface area contributed by atoms with Gasteiger partial charge >= 0.3 is 0 Å². The van der Waals surface area contributed by atoms with Gasteiger partial charge in [-0.25, -0.2) is 5.01 Å². The summed E-state index contributed by atoms with van der Waals surface area (Å²) >= 11 is 5.96.